The number of rotatable bonds is 2. The van der Waals surface area contributed by atoms with Gasteiger partial charge in [-0.3, -0.25) is 4.90 Å². The summed E-state index contributed by atoms with van der Waals surface area (Å²) in [4.78, 5) is 6.40. The van der Waals surface area contributed by atoms with Crippen LogP contribution in [-0.4, -0.2) is 34.2 Å². The Labute approximate surface area is 106 Å². The Balaban J connectivity index is 2.03. The summed E-state index contributed by atoms with van der Waals surface area (Å²) in [5, 5.41) is 10.5. The summed E-state index contributed by atoms with van der Waals surface area (Å²) in [6.07, 6.45) is 0.741. The first-order valence-corrected chi connectivity index (χ1v) is 6.25. The molecule has 1 saturated heterocycles. The first kappa shape index (κ1) is 12.6. The Morgan fingerprint density at radius 1 is 1.59 bits per heavy atom. The topological polar surface area (TPSA) is 62.4 Å². The van der Waals surface area contributed by atoms with Crippen LogP contribution in [0, 0.1) is 5.92 Å². The van der Waals surface area contributed by atoms with E-state index in [1.165, 1.54) is 0 Å². The number of hydrogen-bond acceptors (Lipinski definition) is 4. The van der Waals surface area contributed by atoms with Gasteiger partial charge in [0.05, 0.1) is 16.8 Å². The van der Waals surface area contributed by atoms with Crippen molar-refractivity contribution in [1.29, 1.82) is 0 Å². The van der Waals surface area contributed by atoms with Crippen molar-refractivity contribution in [2.24, 2.45) is 5.92 Å². The number of piperidine rings is 1. The lowest BCUT2D eigenvalue weighted by atomic mass is 9.96. The number of nitrogens with zero attached hydrogens (tertiary/aromatic N) is 2. The molecular weight excluding hydrogens is 238 g/mol. The van der Waals surface area contributed by atoms with Crippen LogP contribution >= 0.6 is 11.6 Å². The molecule has 5 heteroatoms. The van der Waals surface area contributed by atoms with Crippen LogP contribution in [0.4, 0.5) is 5.82 Å². The third-order valence-electron chi connectivity index (χ3n) is 3.32. The van der Waals surface area contributed by atoms with Crippen LogP contribution in [0.25, 0.3) is 0 Å². The van der Waals surface area contributed by atoms with Gasteiger partial charge in [0.1, 0.15) is 5.82 Å². The maximum Gasteiger partial charge on any atom is 0.123 e. The number of likely N-dealkylation sites (tertiary alicyclic amines) is 1. The third kappa shape index (κ3) is 3.09. The lowest BCUT2D eigenvalue weighted by molar-refractivity contribution is 0.0255. The van der Waals surface area contributed by atoms with E-state index in [4.69, 9.17) is 17.3 Å². The van der Waals surface area contributed by atoms with Crippen molar-refractivity contribution in [2.75, 3.05) is 18.8 Å². The van der Waals surface area contributed by atoms with Gasteiger partial charge in [0.15, 0.2) is 0 Å². The minimum absolute atomic E-state index is 0.261. The van der Waals surface area contributed by atoms with Gasteiger partial charge >= 0.3 is 0 Å². The van der Waals surface area contributed by atoms with Gasteiger partial charge in [0.2, 0.25) is 0 Å². The molecule has 17 heavy (non-hydrogen) atoms. The molecule has 0 radical (unpaired) electrons. The molecule has 1 fully saturated rings. The number of anilines is 1. The minimum atomic E-state index is -0.261. The molecule has 0 saturated carbocycles. The predicted octanol–water partition coefficient (Wildman–Crippen LogP) is 1.52. The number of pyridine rings is 1. The maximum absolute atomic E-state index is 9.83. The maximum atomic E-state index is 9.83. The monoisotopic (exact) mass is 255 g/mol. The molecule has 2 heterocycles. The van der Waals surface area contributed by atoms with Gasteiger partial charge in [0.25, 0.3) is 0 Å². The summed E-state index contributed by atoms with van der Waals surface area (Å²) in [5.74, 6) is 0.853. The summed E-state index contributed by atoms with van der Waals surface area (Å²) in [7, 11) is 0. The quantitative estimate of drug-likeness (QED) is 0.841. The fourth-order valence-electron chi connectivity index (χ4n) is 2.08. The zero-order chi connectivity index (χ0) is 12.4. The van der Waals surface area contributed by atoms with Crippen molar-refractivity contribution in [3.05, 3.63) is 22.8 Å². The zero-order valence-electron chi connectivity index (χ0n) is 9.93. The number of β-amino-alcohol motifs (C(OH)–C–C–N with tert-alkyl or cyclic N) is 1. The summed E-state index contributed by atoms with van der Waals surface area (Å²) in [6, 6.07) is 3.46. The Morgan fingerprint density at radius 2 is 2.35 bits per heavy atom. The fourth-order valence-corrected chi connectivity index (χ4v) is 2.25. The number of nitrogens with two attached hydrogens (primary N) is 1. The number of hydrogen-bond donors (Lipinski definition) is 2. The molecule has 0 aliphatic carbocycles. The van der Waals surface area contributed by atoms with Gasteiger partial charge in [-0.25, -0.2) is 4.98 Å². The minimum Gasteiger partial charge on any atom is -0.392 e. The van der Waals surface area contributed by atoms with E-state index in [2.05, 4.69) is 16.8 Å². The molecule has 4 nitrogen and oxygen atoms in total. The van der Waals surface area contributed by atoms with E-state index in [1.807, 2.05) is 0 Å². The third-order valence-corrected chi connectivity index (χ3v) is 3.66. The summed E-state index contributed by atoms with van der Waals surface area (Å²) in [5.41, 5.74) is 6.43. The predicted molar refractivity (Wildman–Crippen MR) is 68.7 cm³/mol. The molecule has 3 N–H and O–H groups in total. The number of aliphatic hydroxyl groups is 1. The van der Waals surface area contributed by atoms with E-state index in [0.29, 0.717) is 29.8 Å². The number of aromatic nitrogens is 1. The van der Waals surface area contributed by atoms with E-state index in [-0.39, 0.29) is 6.10 Å². The summed E-state index contributed by atoms with van der Waals surface area (Å²) < 4.78 is 0. The highest BCUT2D eigenvalue weighted by molar-refractivity contribution is 6.31. The van der Waals surface area contributed by atoms with Gasteiger partial charge in [-0.15, -0.1) is 0 Å². The van der Waals surface area contributed by atoms with Crippen LogP contribution in [0.15, 0.2) is 12.1 Å². The second kappa shape index (κ2) is 5.21. The van der Waals surface area contributed by atoms with Crippen LogP contribution in [0.3, 0.4) is 0 Å². The van der Waals surface area contributed by atoms with Crippen LogP contribution in [-0.2, 0) is 6.54 Å². The molecule has 94 valence electrons. The standard InChI is InChI=1S/C12H18ClN3O/c1-8-4-5-16(7-11(8)17)6-10-9(13)2-3-12(14)15-10/h2-3,8,11,17H,4-7H2,1H3,(H2,14,15). The Hall–Kier alpha value is -0.840. The molecule has 2 rings (SSSR count). The fraction of sp³-hybridized carbons (Fsp3) is 0.583. The zero-order valence-corrected chi connectivity index (χ0v) is 10.7. The molecule has 1 aromatic heterocycles. The van der Waals surface area contributed by atoms with Crippen molar-refractivity contribution in [1.82, 2.24) is 9.88 Å². The van der Waals surface area contributed by atoms with Crippen molar-refractivity contribution >= 4 is 17.4 Å². The van der Waals surface area contributed by atoms with E-state index in [1.54, 1.807) is 12.1 Å². The molecule has 0 amide bonds. The van der Waals surface area contributed by atoms with Crippen molar-refractivity contribution in [3.63, 3.8) is 0 Å². The summed E-state index contributed by atoms with van der Waals surface area (Å²) >= 11 is 6.07. The van der Waals surface area contributed by atoms with Crippen molar-refractivity contribution in [3.8, 4) is 0 Å². The molecule has 2 atom stereocenters. The van der Waals surface area contributed by atoms with Crippen molar-refractivity contribution in [2.45, 2.75) is 26.0 Å². The molecule has 0 aromatic carbocycles. The molecule has 0 spiro atoms. The summed E-state index contributed by atoms with van der Waals surface area (Å²) in [6.45, 7) is 4.36. The van der Waals surface area contributed by atoms with Crippen LogP contribution in [0.5, 0.6) is 0 Å². The van der Waals surface area contributed by atoms with Crippen molar-refractivity contribution < 1.29 is 5.11 Å². The van der Waals surface area contributed by atoms with Gasteiger partial charge in [0, 0.05) is 13.1 Å². The molecule has 1 aliphatic rings. The second-order valence-electron chi connectivity index (χ2n) is 4.73. The van der Waals surface area contributed by atoms with Crippen LogP contribution in [0.1, 0.15) is 19.0 Å². The SMILES string of the molecule is CC1CCN(Cc2nc(N)ccc2Cl)CC1O. The molecule has 1 aromatic rings. The van der Waals surface area contributed by atoms with Gasteiger partial charge in [-0.05, 0) is 31.0 Å². The molecular formula is C12H18ClN3O. The Morgan fingerprint density at radius 3 is 3.06 bits per heavy atom. The van der Waals surface area contributed by atoms with E-state index < -0.39 is 0 Å². The van der Waals surface area contributed by atoms with Gasteiger partial charge in [-0.2, -0.15) is 0 Å². The highest BCUT2D eigenvalue weighted by atomic mass is 35.5. The average molecular weight is 256 g/mol. The highest BCUT2D eigenvalue weighted by Crippen LogP contribution is 2.21. The number of halogens is 1. The van der Waals surface area contributed by atoms with E-state index >= 15 is 0 Å². The second-order valence-corrected chi connectivity index (χ2v) is 5.14. The van der Waals surface area contributed by atoms with Crippen LogP contribution < -0.4 is 5.73 Å². The Bertz CT molecular complexity index is 399. The average Bonchev–Trinajstić information content (AvgIpc) is 2.29. The largest absolute Gasteiger partial charge is 0.392 e. The first-order valence-electron chi connectivity index (χ1n) is 5.87. The van der Waals surface area contributed by atoms with E-state index in [0.717, 1.165) is 18.7 Å². The Kier molecular flexibility index (Phi) is 3.86. The number of nitrogen functional groups attached to an aromatic ring is 1. The van der Waals surface area contributed by atoms with Gasteiger partial charge < -0.3 is 10.8 Å². The van der Waals surface area contributed by atoms with Crippen LogP contribution in [0.2, 0.25) is 5.02 Å². The normalized spacial score (nSPS) is 26.1. The highest BCUT2D eigenvalue weighted by Gasteiger charge is 2.24. The molecule has 2 unspecified atom stereocenters. The molecule has 1 aliphatic heterocycles. The first-order chi connectivity index (χ1) is 8.06. The van der Waals surface area contributed by atoms with Gasteiger partial charge in [-0.1, -0.05) is 18.5 Å². The lowest BCUT2D eigenvalue weighted by Gasteiger charge is -2.34. The number of aliphatic hydroxyl groups excluding tert-OH is 1. The molecule has 0 bridgehead atoms. The smallest absolute Gasteiger partial charge is 0.123 e. The lowest BCUT2D eigenvalue weighted by Crippen LogP contribution is -2.42. The van der Waals surface area contributed by atoms with E-state index in [9.17, 15) is 5.11 Å².